The summed E-state index contributed by atoms with van der Waals surface area (Å²) in [7, 11) is -3.00. The minimum atomic E-state index is -3.00. The van der Waals surface area contributed by atoms with Gasteiger partial charge in [-0.3, -0.25) is 0 Å². The lowest BCUT2D eigenvalue weighted by atomic mass is 9.91. The molecule has 1 aromatic heterocycles. The van der Waals surface area contributed by atoms with Crippen LogP contribution in [0.5, 0.6) is 0 Å². The number of nitrogens with zero attached hydrogens (tertiary/aromatic N) is 3. The molecular weight excluding hydrogens is 290 g/mol. The van der Waals surface area contributed by atoms with Crippen LogP contribution in [0, 0.1) is 0 Å². The second-order valence-corrected chi connectivity index (χ2v) is 7.78. The molecule has 1 aliphatic carbocycles. The average molecular weight is 311 g/mol. The molecule has 2 heterocycles. The number of hydrogen-bond donors (Lipinski definition) is 2. The van der Waals surface area contributed by atoms with Crippen molar-refractivity contribution in [3.05, 3.63) is 12.3 Å². The molecule has 0 radical (unpaired) electrons. The average Bonchev–Trinajstić information content (AvgIpc) is 2.79. The van der Waals surface area contributed by atoms with Crippen LogP contribution in [-0.2, 0) is 10.0 Å². The molecule has 2 fully saturated rings. The van der Waals surface area contributed by atoms with Gasteiger partial charge in [0.1, 0.15) is 5.82 Å². The van der Waals surface area contributed by atoms with Crippen molar-refractivity contribution in [1.29, 1.82) is 0 Å². The van der Waals surface area contributed by atoms with Crippen LogP contribution >= 0.6 is 0 Å². The predicted octanol–water partition coefficient (Wildman–Crippen LogP) is 0.817. The molecule has 3 rings (SSSR count). The molecule has 1 saturated heterocycles. The van der Waals surface area contributed by atoms with Gasteiger partial charge in [0.05, 0.1) is 5.75 Å². The summed E-state index contributed by atoms with van der Waals surface area (Å²) in [6, 6.07) is 2.10. The fourth-order valence-electron chi connectivity index (χ4n) is 3.20. The lowest BCUT2D eigenvalue weighted by molar-refractivity contribution is 0.257. The standard InChI is InChI=1S/C13H21N5O2S/c14-12-6-7-15-13(17-12)16-10-2-4-11(5-3-10)18-8-1-9-21(18,19)20/h6-7,10-11H,1-5,8-9H2,(H3,14,15,16,17). The van der Waals surface area contributed by atoms with Crippen molar-refractivity contribution < 1.29 is 8.42 Å². The Kier molecular flexibility index (Phi) is 3.99. The number of nitrogens with two attached hydrogens (primary N) is 1. The third-order valence-electron chi connectivity index (χ3n) is 4.25. The number of anilines is 2. The van der Waals surface area contributed by atoms with Crippen LogP contribution in [0.2, 0.25) is 0 Å². The van der Waals surface area contributed by atoms with Crippen molar-refractivity contribution in [3.8, 4) is 0 Å². The van der Waals surface area contributed by atoms with Gasteiger partial charge in [-0.05, 0) is 38.2 Å². The molecule has 116 valence electrons. The highest BCUT2D eigenvalue weighted by molar-refractivity contribution is 7.89. The van der Waals surface area contributed by atoms with Crippen molar-refractivity contribution in [3.63, 3.8) is 0 Å². The molecule has 3 N–H and O–H groups in total. The zero-order valence-electron chi connectivity index (χ0n) is 11.9. The highest BCUT2D eigenvalue weighted by Gasteiger charge is 2.36. The molecule has 21 heavy (non-hydrogen) atoms. The van der Waals surface area contributed by atoms with E-state index in [0.717, 1.165) is 32.1 Å². The van der Waals surface area contributed by atoms with Gasteiger partial charge in [-0.15, -0.1) is 0 Å². The summed E-state index contributed by atoms with van der Waals surface area (Å²) in [5.41, 5.74) is 5.63. The largest absolute Gasteiger partial charge is 0.384 e. The number of nitrogen functional groups attached to an aromatic ring is 1. The maximum Gasteiger partial charge on any atom is 0.224 e. The maximum atomic E-state index is 11.9. The van der Waals surface area contributed by atoms with Crippen LogP contribution in [-0.4, -0.2) is 47.1 Å². The molecule has 1 saturated carbocycles. The molecule has 0 aromatic carbocycles. The normalized spacial score (nSPS) is 29.3. The molecule has 8 heteroatoms. The van der Waals surface area contributed by atoms with Gasteiger partial charge >= 0.3 is 0 Å². The van der Waals surface area contributed by atoms with Crippen molar-refractivity contribution >= 4 is 21.8 Å². The van der Waals surface area contributed by atoms with E-state index in [4.69, 9.17) is 5.73 Å². The first-order valence-electron chi connectivity index (χ1n) is 7.39. The minimum absolute atomic E-state index is 0.164. The summed E-state index contributed by atoms with van der Waals surface area (Å²) in [5, 5.41) is 3.28. The fourth-order valence-corrected chi connectivity index (χ4v) is 5.00. The van der Waals surface area contributed by atoms with Gasteiger partial charge in [0.15, 0.2) is 0 Å². The first-order chi connectivity index (χ1) is 10.0. The van der Waals surface area contributed by atoms with Crippen LogP contribution in [0.15, 0.2) is 12.3 Å². The second-order valence-electron chi connectivity index (χ2n) is 5.74. The first kappa shape index (κ1) is 14.5. The summed E-state index contributed by atoms with van der Waals surface area (Å²) in [4.78, 5) is 8.28. The van der Waals surface area contributed by atoms with Crippen LogP contribution in [0.4, 0.5) is 11.8 Å². The lowest BCUT2D eigenvalue weighted by Gasteiger charge is -2.33. The number of hydrogen-bond acceptors (Lipinski definition) is 6. The van der Waals surface area contributed by atoms with E-state index in [1.807, 2.05) is 0 Å². The molecule has 0 amide bonds. The van der Waals surface area contributed by atoms with Crippen molar-refractivity contribution in [2.45, 2.75) is 44.2 Å². The Morgan fingerprint density at radius 1 is 1.29 bits per heavy atom. The zero-order chi connectivity index (χ0) is 14.9. The van der Waals surface area contributed by atoms with E-state index in [1.54, 1.807) is 16.6 Å². The van der Waals surface area contributed by atoms with E-state index in [2.05, 4.69) is 15.3 Å². The summed E-state index contributed by atoms with van der Waals surface area (Å²) >= 11 is 0. The molecule has 0 unspecified atom stereocenters. The van der Waals surface area contributed by atoms with Gasteiger partial charge in [-0.1, -0.05) is 0 Å². The van der Waals surface area contributed by atoms with E-state index >= 15 is 0 Å². The highest BCUT2D eigenvalue weighted by Crippen LogP contribution is 2.29. The lowest BCUT2D eigenvalue weighted by Crippen LogP contribution is -2.41. The van der Waals surface area contributed by atoms with Gasteiger partial charge < -0.3 is 11.1 Å². The maximum absolute atomic E-state index is 11.9. The van der Waals surface area contributed by atoms with Crippen LogP contribution in [0.3, 0.4) is 0 Å². The quantitative estimate of drug-likeness (QED) is 0.857. The third-order valence-corrected chi connectivity index (χ3v) is 6.25. The molecule has 0 atom stereocenters. The molecular formula is C13H21N5O2S. The predicted molar refractivity (Wildman–Crippen MR) is 81.2 cm³/mol. The van der Waals surface area contributed by atoms with Gasteiger partial charge in [-0.2, -0.15) is 9.29 Å². The van der Waals surface area contributed by atoms with E-state index < -0.39 is 10.0 Å². The first-order valence-corrected chi connectivity index (χ1v) is 9.00. The summed E-state index contributed by atoms with van der Waals surface area (Å²) in [6.45, 7) is 0.684. The Hall–Kier alpha value is -1.41. The van der Waals surface area contributed by atoms with E-state index in [0.29, 0.717) is 24.1 Å². The Bertz CT molecular complexity index is 598. The molecule has 1 aromatic rings. The van der Waals surface area contributed by atoms with Gasteiger partial charge in [0.2, 0.25) is 16.0 Å². The van der Waals surface area contributed by atoms with Crippen LogP contribution in [0.1, 0.15) is 32.1 Å². The van der Waals surface area contributed by atoms with E-state index in [1.165, 1.54) is 0 Å². The molecule has 7 nitrogen and oxygen atoms in total. The summed E-state index contributed by atoms with van der Waals surface area (Å²) in [6.07, 6.45) is 6.02. The fraction of sp³-hybridized carbons (Fsp3) is 0.692. The topological polar surface area (TPSA) is 101 Å². The third kappa shape index (κ3) is 3.26. The monoisotopic (exact) mass is 311 g/mol. The van der Waals surface area contributed by atoms with Gasteiger partial charge in [0, 0.05) is 24.8 Å². The Morgan fingerprint density at radius 2 is 2.05 bits per heavy atom. The van der Waals surface area contributed by atoms with E-state index in [-0.39, 0.29) is 12.1 Å². The number of rotatable bonds is 3. The molecule has 1 aliphatic heterocycles. The summed E-state index contributed by atoms with van der Waals surface area (Å²) in [5.74, 6) is 1.30. The smallest absolute Gasteiger partial charge is 0.224 e. The van der Waals surface area contributed by atoms with Gasteiger partial charge in [0.25, 0.3) is 0 Å². The number of sulfonamides is 1. The van der Waals surface area contributed by atoms with Crippen molar-refractivity contribution in [2.24, 2.45) is 0 Å². The Morgan fingerprint density at radius 3 is 2.67 bits per heavy atom. The summed E-state index contributed by atoms with van der Waals surface area (Å²) < 4.78 is 25.6. The molecule has 0 bridgehead atoms. The van der Waals surface area contributed by atoms with Crippen LogP contribution in [0.25, 0.3) is 0 Å². The van der Waals surface area contributed by atoms with Crippen LogP contribution < -0.4 is 11.1 Å². The minimum Gasteiger partial charge on any atom is -0.384 e. The zero-order valence-corrected chi connectivity index (χ0v) is 12.7. The van der Waals surface area contributed by atoms with Gasteiger partial charge in [-0.25, -0.2) is 13.4 Å². The SMILES string of the molecule is Nc1ccnc(NC2CCC(N3CCCS3(=O)=O)CC2)n1. The highest BCUT2D eigenvalue weighted by atomic mass is 32.2. The second kappa shape index (κ2) is 5.76. The Balaban J connectivity index is 1.56. The Labute approximate surface area is 125 Å². The molecule has 2 aliphatic rings. The van der Waals surface area contributed by atoms with Crippen molar-refractivity contribution in [1.82, 2.24) is 14.3 Å². The molecule has 0 spiro atoms. The van der Waals surface area contributed by atoms with Crippen molar-refractivity contribution in [2.75, 3.05) is 23.3 Å². The number of nitrogens with one attached hydrogen (secondary N) is 1. The van der Waals surface area contributed by atoms with E-state index in [9.17, 15) is 8.42 Å². The number of aromatic nitrogens is 2.